The Morgan fingerprint density at radius 2 is 1.85 bits per heavy atom. The van der Waals surface area contributed by atoms with Gasteiger partial charge in [0.05, 0.1) is 18.6 Å². The zero-order valence-corrected chi connectivity index (χ0v) is 16.2. The molecule has 1 aromatic carbocycles. The molecule has 2 aliphatic carbocycles. The zero-order valence-electron chi connectivity index (χ0n) is 16.2. The van der Waals surface area contributed by atoms with E-state index in [0.29, 0.717) is 25.5 Å². The van der Waals surface area contributed by atoms with Gasteiger partial charge in [-0.15, -0.1) is 0 Å². The summed E-state index contributed by atoms with van der Waals surface area (Å²) in [6.07, 6.45) is 7.00. The predicted molar refractivity (Wildman–Crippen MR) is 104 cm³/mol. The van der Waals surface area contributed by atoms with E-state index in [2.05, 4.69) is 6.07 Å². The molecule has 0 aromatic heterocycles. The maximum atomic E-state index is 12.5. The fourth-order valence-corrected chi connectivity index (χ4v) is 3.87. The molecule has 0 unspecified atom stereocenters. The quantitative estimate of drug-likeness (QED) is 0.523. The van der Waals surface area contributed by atoms with E-state index in [0.717, 1.165) is 61.8 Å². The van der Waals surface area contributed by atoms with Crippen LogP contribution in [0.3, 0.4) is 0 Å². The number of carbonyl (C=O) groups is 2. The summed E-state index contributed by atoms with van der Waals surface area (Å²) in [7, 11) is 0. The van der Waals surface area contributed by atoms with Crippen molar-refractivity contribution < 1.29 is 19.1 Å². The van der Waals surface area contributed by atoms with Crippen LogP contribution in [0, 0.1) is 5.92 Å². The van der Waals surface area contributed by atoms with Gasteiger partial charge in [0.25, 0.3) is 0 Å². The third kappa shape index (κ3) is 5.32. The number of rotatable bonds is 9. The van der Waals surface area contributed by atoms with E-state index < -0.39 is 0 Å². The number of ether oxygens (including phenoxy) is 2. The van der Waals surface area contributed by atoms with Crippen LogP contribution >= 0.6 is 0 Å². The maximum absolute atomic E-state index is 12.5. The molecule has 0 atom stereocenters. The molecule has 0 spiro atoms. The van der Waals surface area contributed by atoms with Gasteiger partial charge in [0.15, 0.2) is 5.78 Å². The van der Waals surface area contributed by atoms with Crippen molar-refractivity contribution >= 4 is 11.8 Å². The lowest BCUT2D eigenvalue weighted by molar-refractivity contribution is -0.149. The lowest BCUT2D eigenvalue weighted by Gasteiger charge is -2.28. The molecule has 5 heteroatoms. The number of carbonyl (C=O) groups excluding carboxylic acids is 2. The minimum atomic E-state index is -0.0766. The van der Waals surface area contributed by atoms with Crippen LogP contribution in [0.15, 0.2) is 18.2 Å². The summed E-state index contributed by atoms with van der Waals surface area (Å²) in [6, 6.07) is 5.90. The number of Topliss-reactive ketones (excluding diaryl/α,β-unsaturated/α-hetero) is 1. The largest absolute Gasteiger partial charge is 0.490 e. The van der Waals surface area contributed by atoms with Crippen molar-refractivity contribution in [2.45, 2.75) is 70.3 Å². The van der Waals surface area contributed by atoms with Gasteiger partial charge in [-0.1, -0.05) is 0 Å². The average molecular weight is 373 g/mol. The highest BCUT2D eigenvalue weighted by molar-refractivity contribution is 5.98. The first-order chi connectivity index (χ1) is 13.1. The van der Waals surface area contributed by atoms with Crippen LogP contribution in [0.5, 0.6) is 5.75 Å². The molecule has 148 valence electrons. The Bertz CT molecular complexity index is 660. The van der Waals surface area contributed by atoms with Gasteiger partial charge in [-0.3, -0.25) is 9.59 Å². The number of esters is 1. The standard InChI is InChI=1S/C22H31NO4/c1-2-26-22(25)16-7-9-17(10-8-16)27-18-11-12-19(21(24)4-3-13-23)20(14-18)15-5-6-15/h11-12,14-17H,2-10,13,23H2,1H3. The topological polar surface area (TPSA) is 78.6 Å². The Balaban J connectivity index is 1.60. The summed E-state index contributed by atoms with van der Waals surface area (Å²) in [4.78, 5) is 24.3. The summed E-state index contributed by atoms with van der Waals surface area (Å²) >= 11 is 0. The second-order valence-corrected chi connectivity index (χ2v) is 7.68. The molecule has 0 heterocycles. The van der Waals surface area contributed by atoms with Gasteiger partial charge in [-0.05, 0) is 88.1 Å². The number of nitrogens with two attached hydrogens (primary N) is 1. The van der Waals surface area contributed by atoms with E-state index in [1.54, 1.807) is 0 Å². The first-order valence-electron chi connectivity index (χ1n) is 10.3. The highest BCUT2D eigenvalue weighted by Crippen LogP contribution is 2.43. The first kappa shape index (κ1) is 19.9. The lowest BCUT2D eigenvalue weighted by atomic mass is 9.87. The molecule has 2 fully saturated rings. The van der Waals surface area contributed by atoms with Gasteiger partial charge in [0.2, 0.25) is 0 Å². The highest BCUT2D eigenvalue weighted by atomic mass is 16.5. The second-order valence-electron chi connectivity index (χ2n) is 7.68. The fourth-order valence-electron chi connectivity index (χ4n) is 3.87. The molecule has 0 aliphatic heterocycles. The summed E-state index contributed by atoms with van der Waals surface area (Å²) in [5.41, 5.74) is 7.51. The van der Waals surface area contributed by atoms with E-state index in [-0.39, 0.29) is 23.8 Å². The SMILES string of the molecule is CCOC(=O)C1CCC(Oc2ccc(C(=O)CCCN)c(C3CC3)c2)CC1. The normalized spacial score (nSPS) is 22.3. The van der Waals surface area contributed by atoms with Crippen molar-refractivity contribution in [3.63, 3.8) is 0 Å². The Morgan fingerprint density at radius 1 is 1.11 bits per heavy atom. The molecule has 3 rings (SSSR count). The van der Waals surface area contributed by atoms with Gasteiger partial charge in [0, 0.05) is 12.0 Å². The number of benzene rings is 1. The Kier molecular flexibility index (Phi) is 6.89. The Labute approximate surface area is 161 Å². The van der Waals surface area contributed by atoms with Crippen molar-refractivity contribution in [2.75, 3.05) is 13.2 Å². The van der Waals surface area contributed by atoms with Crippen LogP contribution in [0.2, 0.25) is 0 Å². The van der Waals surface area contributed by atoms with Gasteiger partial charge < -0.3 is 15.2 Å². The van der Waals surface area contributed by atoms with Crippen LogP contribution in [0.4, 0.5) is 0 Å². The molecule has 27 heavy (non-hydrogen) atoms. The Morgan fingerprint density at radius 3 is 2.48 bits per heavy atom. The van der Waals surface area contributed by atoms with Crippen LogP contribution < -0.4 is 10.5 Å². The lowest BCUT2D eigenvalue weighted by Crippen LogP contribution is -2.29. The van der Waals surface area contributed by atoms with E-state index in [9.17, 15) is 9.59 Å². The predicted octanol–water partition coefficient (Wildman–Crippen LogP) is 3.99. The summed E-state index contributed by atoms with van der Waals surface area (Å²) in [5, 5.41) is 0. The van der Waals surface area contributed by atoms with Gasteiger partial charge >= 0.3 is 5.97 Å². The zero-order chi connectivity index (χ0) is 19.2. The molecule has 1 aromatic rings. The van der Waals surface area contributed by atoms with Gasteiger partial charge in [0.1, 0.15) is 5.75 Å². The fraction of sp³-hybridized carbons (Fsp3) is 0.636. The van der Waals surface area contributed by atoms with Crippen LogP contribution in [-0.2, 0) is 9.53 Å². The highest BCUT2D eigenvalue weighted by Gasteiger charge is 2.30. The maximum Gasteiger partial charge on any atom is 0.308 e. The van der Waals surface area contributed by atoms with Crippen LogP contribution in [-0.4, -0.2) is 31.0 Å². The van der Waals surface area contributed by atoms with E-state index >= 15 is 0 Å². The summed E-state index contributed by atoms with van der Waals surface area (Å²) in [5.74, 6) is 1.45. The third-order valence-corrected chi connectivity index (χ3v) is 5.55. The van der Waals surface area contributed by atoms with E-state index in [4.69, 9.17) is 15.2 Å². The second kappa shape index (κ2) is 9.36. The van der Waals surface area contributed by atoms with Crippen molar-refractivity contribution in [1.29, 1.82) is 0 Å². The molecule has 5 nitrogen and oxygen atoms in total. The van der Waals surface area contributed by atoms with Gasteiger partial charge in [-0.2, -0.15) is 0 Å². The Hall–Kier alpha value is -1.88. The smallest absolute Gasteiger partial charge is 0.308 e. The molecule has 0 radical (unpaired) electrons. The molecule has 0 saturated heterocycles. The molecule has 2 saturated carbocycles. The average Bonchev–Trinajstić information content (AvgIpc) is 3.52. The molecular formula is C22H31NO4. The van der Waals surface area contributed by atoms with Crippen LogP contribution in [0.1, 0.15) is 80.1 Å². The van der Waals surface area contributed by atoms with Crippen molar-refractivity contribution in [3.05, 3.63) is 29.3 Å². The molecular weight excluding hydrogens is 342 g/mol. The first-order valence-corrected chi connectivity index (χ1v) is 10.3. The number of hydrogen-bond acceptors (Lipinski definition) is 5. The van der Waals surface area contributed by atoms with E-state index in [1.807, 2.05) is 19.1 Å². The van der Waals surface area contributed by atoms with E-state index in [1.165, 1.54) is 0 Å². The molecule has 2 aliphatic rings. The summed E-state index contributed by atoms with van der Waals surface area (Å²) < 4.78 is 11.3. The van der Waals surface area contributed by atoms with Crippen molar-refractivity contribution in [2.24, 2.45) is 11.7 Å². The number of hydrogen-bond donors (Lipinski definition) is 1. The number of ketones is 1. The van der Waals surface area contributed by atoms with Crippen LogP contribution in [0.25, 0.3) is 0 Å². The third-order valence-electron chi connectivity index (χ3n) is 5.55. The summed E-state index contributed by atoms with van der Waals surface area (Å²) in [6.45, 7) is 2.82. The van der Waals surface area contributed by atoms with Crippen molar-refractivity contribution in [1.82, 2.24) is 0 Å². The molecule has 2 N–H and O–H groups in total. The molecule has 0 amide bonds. The minimum Gasteiger partial charge on any atom is -0.490 e. The van der Waals surface area contributed by atoms with Crippen molar-refractivity contribution in [3.8, 4) is 5.75 Å². The monoisotopic (exact) mass is 373 g/mol. The molecule has 0 bridgehead atoms. The van der Waals surface area contributed by atoms with Gasteiger partial charge in [-0.25, -0.2) is 0 Å². The minimum absolute atomic E-state index is 0.00867.